The van der Waals surface area contributed by atoms with Crippen LogP contribution in [0.2, 0.25) is 0 Å². The van der Waals surface area contributed by atoms with Crippen molar-refractivity contribution in [1.82, 2.24) is 15.2 Å². The molecule has 1 amide bonds. The molecule has 2 aliphatic rings. The van der Waals surface area contributed by atoms with Gasteiger partial charge in [-0.1, -0.05) is 0 Å². The molecule has 0 aromatic carbocycles. The normalized spacial score (nSPS) is 21.8. The maximum Gasteiger partial charge on any atom is 0.268 e. The monoisotopic (exact) mass is 277 g/mol. The Bertz CT molecular complexity index is 446. The maximum atomic E-state index is 12.4. The minimum Gasteiger partial charge on any atom is -0.381 e. The largest absolute Gasteiger partial charge is 0.381 e. The summed E-state index contributed by atoms with van der Waals surface area (Å²) in [5.74, 6) is 0.0560. The first kappa shape index (κ1) is 13.6. The number of piperidine rings is 1. The minimum absolute atomic E-state index is 0.0560. The number of rotatable bonds is 3. The van der Waals surface area contributed by atoms with Crippen molar-refractivity contribution < 1.29 is 9.53 Å². The maximum absolute atomic E-state index is 12.4. The molecule has 5 nitrogen and oxygen atoms in total. The van der Waals surface area contributed by atoms with E-state index in [9.17, 15) is 4.79 Å². The van der Waals surface area contributed by atoms with Crippen LogP contribution in [0.5, 0.6) is 0 Å². The van der Waals surface area contributed by atoms with Gasteiger partial charge in [0.2, 0.25) is 0 Å². The first-order valence-electron chi connectivity index (χ1n) is 7.61. The van der Waals surface area contributed by atoms with Gasteiger partial charge in [0.25, 0.3) is 5.91 Å². The van der Waals surface area contributed by atoms with Gasteiger partial charge < -0.3 is 19.9 Å². The van der Waals surface area contributed by atoms with Gasteiger partial charge in [0.15, 0.2) is 0 Å². The summed E-state index contributed by atoms with van der Waals surface area (Å²) in [4.78, 5) is 12.4. The molecule has 2 saturated heterocycles. The lowest BCUT2D eigenvalue weighted by Crippen LogP contribution is -2.40. The second kappa shape index (κ2) is 6.41. The highest BCUT2D eigenvalue weighted by atomic mass is 16.5. The fraction of sp³-hybridized carbons (Fsp3) is 0.667. The fourth-order valence-corrected chi connectivity index (χ4v) is 3.09. The quantitative estimate of drug-likeness (QED) is 0.876. The van der Waals surface area contributed by atoms with Gasteiger partial charge in [-0.15, -0.1) is 0 Å². The Morgan fingerprint density at radius 1 is 1.25 bits per heavy atom. The molecule has 2 N–H and O–H groups in total. The molecule has 2 aliphatic heterocycles. The van der Waals surface area contributed by atoms with Gasteiger partial charge >= 0.3 is 0 Å². The number of aromatic nitrogens is 1. The van der Waals surface area contributed by atoms with Crippen LogP contribution in [0.3, 0.4) is 0 Å². The Hall–Kier alpha value is -1.33. The predicted molar refractivity (Wildman–Crippen MR) is 76.9 cm³/mol. The molecule has 3 heterocycles. The second-order valence-electron chi connectivity index (χ2n) is 5.64. The number of hydrogen-bond acceptors (Lipinski definition) is 3. The van der Waals surface area contributed by atoms with E-state index < -0.39 is 0 Å². The van der Waals surface area contributed by atoms with Gasteiger partial charge in [-0.05, 0) is 50.9 Å². The van der Waals surface area contributed by atoms with Crippen LogP contribution in [0, 0.1) is 0 Å². The molecule has 0 unspecified atom stereocenters. The number of hydrogen-bond donors (Lipinski definition) is 2. The van der Waals surface area contributed by atoms with Gasteiger partial charge in [0.05, 0.1) is 0 Å². The topological polar surface area (TPSA) is 55.3 Å². The number of carbonyl (C=O) groups is 1. The van der Waals surface area contributed by atoms with Gasteiger partial charge in [-0.3, -0.25) is 4.79 Å². The Morgan fingerprint density at radius 2 is 2.00 bits per heavy atom. The van der Waals surface area contributed by atoms with E-state index in [1.165, 1.54) is 0 Å². The minimum atomic E-state index is 0.0560. The summed E-state index contributed by atoms with van der Waals surface area (Å²) < 4.78 is 7.48. The van der Waals surface area contributed by atoms with Gasteiger partial charge in [-0.25, -0.2) is 0 Å². The molecular weight excluding hydrogens is 254 g/mol. The van der Waals surface area contributed by atoms with Crippen LogP contribution in [0.15, 0.2) is 18.3 Å². The summed E-state index contributed by atoms with van der Waals surface area (Å²) in [6.07, 6.45) is 6.05. The summed E-state index contributed by atoms with van der Waals surface area (Å²) >= 11 is 0. The summed E-state index contributed by atoms with van der Waals surface area (Å²) in [6.45, 7) is 3.56. The van der Waals surface area contributed by atoms with Crippen molar-refractivity contribution in [3.05, 3.63) is 24.0 Å². The lowest BCUT2D eigenvalue weighted by atomic mass is 10.1. The molecule has 20 heavy (non-hydrogen) atoms. The average Bonchev–Trinajstić information content (AvgIpc) is 2.99. The summed E-state index contributed by atoms with van der Waals surface area (Å²) in [7, 11) is 0. The van der Waals surface area contributed by atoms with Crippen LogP contribution in [0.25, 0.3) is 0 Å². The third kappa shape index (κ3) is 3.04. The Balaban J connectivity index is 1.66. The number of nitrogens with zero attached hydrogens (tertiary/aromatic N) is 1. The van der Waals surface area contributed by atoms with Crippen molar-refractivity contribution in [2.24, 2.45) is 0 Å². The molecular formula is C15H23N3O2. The average molecular weight is 277 g/mol. The summed E-state index contributed by atoms with van der Waals surface area (Å²) in [5.41, 5.74) is 0.795. The van der Waals surface area contributed by atoms with E-state index >= 15 is 0 Å². The second-order valence-corrected chi connectivity index (χ2v) is 5.64. The van der Waals surface area contributed by atoms with Crippen LogP contribution < -0.4 is 10.6 Å². The van der Waals surface area contributed by atoms with Gasteiger partial charge in [-0.2, -0.15) is 0 Å². The molecule has 5 heteroatoms. The van der Waals surface area contributed by atoms with Crippen LogP contribution >= 0.6 is 0 Å². The number of carbonyl (C=O) groups excluding carboxylic acids is 1. The van der Waals surface area contributed by atoms with E-state index in [0.29, 0.717) is 6.04 Å². The number of amides is 1. The molecule has 0 radical (unpaired) electrons. The zero-order chi connectivity index (χ0) is 13.8. The van der Waals surface area contributed by atoms with Crippen molar-refractivity contribution >= 4 is 5.91 Å². The van der Waals surface area contributed by atoms with Crippen molar-refractivity contribution in [2.45, 2.75) is 37.8 Å². The molecule has 3 rings (SSSR count). The van der Waals surface area contributed by atoms with E-state index in [1.807, 2.05) is 18.3 Å². The van der Waals surface area contributed by atoms with Gasteiger partial charge in [0, 0.05) is 31.5 Å². The molecule has 1 aromatic heterocycles. The lowest BCUT2D eigenvalue weighted by Gasteiger charge is -2.27. The van der Waals surface area contributed by atoms with Crippen LogP contribution in [-0.4, -0.2) is 42.8 Å². The third-order valence-electron chi connectivity index (χ3n) is 4.27. The SMILES string of the molecule is O=C(NC1CCOCC1)c1cccn1C1CCNCC1. The van der Waals surface area contributed by atoms with E-state index in [-0.39, 0.29) is 11.9 Å². The van der Waals surface area contributed by atoms with E-state index in [2.05, 4.69) is 15.2 Å². The van der Waals surface area contributed by atoms with Crippen molar-refractivity contribution in [3.8, 4) is 0 Å². The molecule has 110 valence electrons. The molecule has 0 atom stereocenters. The molecule has 2 fully saturated rings. The molecule has 0 spiro atoms. The smallest absolute Gasteiger partial charge is 0.268 e. The highest BCUT2D eigenvalue weighted by molar-refractivity contribution is 5.93. The standard InChI is InChI=1S/C15H23N3O2/c19-15(17-12-5-10-20-11-6-12)14-2-1-9-18(14)13-3-7-16-8-4-13/h1-2,9,12-13,16H,3-8,10-11H2,(H,17,19). The first-order chi connectivity index (χ1) is 9.84. The summed E-state index contributed by atoms with van der Waals surface area (Å²) in [6, 6.07) is 4.60. The highest BCUT2D eigenvalue weighted by Gasteiger charge is 2.22. The predicted octanol–water partition coefficient (Wildman–Crippen LogP) is 1.32. The zero-order valence-electron chi connectivity index (χ0n) is 11.8. The van der Waals surface area contributed by atoms with E-state index in [4.69, 9.17) is 4.74 Å². The van der Waals surface area contributed by atoms with Crippen molar-refractivity contribution in [3.63, 3.8) is 0 Å². The number of ether oxygens (including phenoxy) is 1. The van der Waals surface area contributed by atoms with Gasteiger partial charge in [0.1, 0.15) is 5.69 Å². The Kier molecular flexibility index (Phi) is 4.38. The third-order valence-corrected chi connectivity index (χ3v) is 4.27. The van der Waals surface area contributed by atoms with Crippen LogP contribution in [0.1, 0.15) is 42.2 Å². The number of nitrogens with one attached hydrogen (secondary N) is 2. The Morgan fingerprint density at radius 3 is 2.75 bits per heavy atom. The molecule has 0 saturated carbocycles. The van der Waals surface area contributed by atoms with Crippen LogP contribution in [-0.2, 0) is 4.74 Å². The molecule has 0 aliphatic carbocycles. The fourth-order valence-electron chi connectivity index (χ4n) is 3.09. The summed E-state index contributed by atoms with van der Waals surface area (Å²) in [5, 5.41) is 6.51. The highest BCUT2D eigenvalue weighted by Crippen LogP contribution is 2.21. The van der Waals surface area contributed by atoms with Crippen molar-refractivity contribution in [2.75, 3.05) is 26.3 Å². The molecule has 0 bridgehead atoms. The van der Waals surface area contributed by atoms with Crippen molar-refractivity contribution in [1.29, 1.82) is 0 Å². The molecule has 1 aromatic rings. The van der Waals surface area contributed by atoms with E-state index in [0.717, 1.165) is 57.7 Å². The van der Waals surface area contributed by atoms with E-state index in [1.54, 1.807) is 0 Å². The lowest BCUT2D eigenvalue weighted by molar-refractivity contribution is 0.0690. The van der Waals surface area contributed by atoms with Crippen LogP contribution in [0.4, 0.5) is 0 Å². The zero-order valence-corrected chi connectivity index (χ0v) is 11.8. The first-order valence-corrected chi connectivity index (χ1v) is 7.61. The Labute approximate surface area is 119 Å².